The Morgan fingerprint density at radius 2 is 1.65 bits per heavy atom. The number of fused-ring (bicyclic) bond motifs is 2. The first-order chi connectivity index (χ1) is 10.7. The summed E-state index contributed by atoms with van der Waals surface area (Å²) < 4.78 is 6.67. The van der Waals surface area contributed by atoms with Gasteiger partial charge in [0.1, 0.15) is 0 Å². The summed E-state index contributed by atoms with van der Waals surface area (Å²) in [6.45, 7) is 8.74. The van der Waals surface area contributed by atoms with Crippen molar-refractivity contribution in [3.05, 3.63) is 0 Å². The maximum absolute atomic E-state index is 10.6. The fourth-order valence-electron chi connectivity index (χ4n) is 6.34. The van der Waals surface area contributed by atoms with Gasteiger partial charge in [0.15, 0.2) is 0 Å². The van der Waals surface area contributed by atoms with Crippen molar-refractivity contribution in [2.75, 3.05) is 13.2 Å². The third kappa shape index (κ3) is 2.18. The molecule has 0 amide bonds. The average Bonchev–Trinajstić information content (AvgIpc) is 2.90. The lowest BCUT2D eigenvalue weighted by Crippen LogP contribution is -2.66. The average molecular weight is 326 g/mol. The van der Waals surface area contributed by atoms with E-state index in [9.17, 15) is 15.3 Å². The van der Waals surface area contributed by atoms with Crippen LogP contribution in [0, 0.1) is 22.7 Å². The SMILES string of the molecule is C[C@@H]1CC[C@H]2[C@](C)(CO)[C@@H](O)CC[C@]2(C)[C@@]12CC[C@@](C)(CO)O2. The Bertz CT molecular complexity index is 468. The van der Waals surface area contributed by atoms with Gasteiger partial charge in [0, 0.05) is 10.8 Å². The maximum Gasteiger partial charge on any atom is 0.0893 e. The maximum atomic E-state index is 10.6. The van der Waals surface area contributed by atoms with Gasteiger partial charge in [-0.15, -0.1) is 0 Å². The zero-order chi connectivity index (χ0) is 17.1. The quantitative estimate of drug-likeness (QED) is 0.729. The van der Waals surface area contributed by atoms with Crippen molar-refractivity contribution < 1.29 is 20.1 Å². The van der Waals surface area contributed by atoms with Crippen molar-refractivity contribution in [2.24, 2.45) is 22.7 Å². The van der Waals surface area contributed by atoms with E-state index in [1.807, 2.05) is 13.8 Å². The van der Waals surface area contributed by atoms with E-state index in [1.165, 1.54) is 0 Å². The first-order valence-corrected chi connectivity index (χ1v) is 9.27. The summed E-state index contributed by atoms with van der Waals surface area (Å²) >= 11 is 0. The van der Waals surface area contributed by atoms with Gasteiger partial charge in [-0.25, -0.2) is 0 Å². The molecular formula is C19H34O4. The number of aliphatic hydroxyl groups excluding tert-OH is 3. The Kier molecular flexibility index (Phi) is 4.16. The van der Waals surface area contributed by atoms with Gasteiger partial charge in [-0.3, -0.25) is 0 Å². The molecule has 7 atom stereocenters. The smallest absolute Gasteiger partial charge is 0.0893 e. The molecule has 1 heterocycles. The standard InChI is InChI=1S/C19H34O4/c1-13-5-6-14-17(3,12-21)15(22)7-8-18(14,4)19(13)10-9-16(2,11-20)23-19/h13-15,20-22H,5-12H2,1-4H3/t13-,14+,15+,16+,17+,18+,19-/m1/s1. The van der Waals surface area contributed by atoms with E-state index < -0.39 is 17.1 Å². The highest BCUT2D eigenvalue weighted by molar-refractivity contribution is 5.17. The van der Waals surface area contributed by atoms with Crippen LogP contribution < -0.4 is 0 Å². The Balaban J connectivity index is 2.04. The van der Waals surface area contributed by atoms with Gasteiger partial charge in [0.2, 0.25) is 0 Å². The topological polar surface area (TPSA) is 69.9 Å². The summed E-state index contributed by atoms with van der Waals surface area (Å²) in [6.07, 6.45) is 5.15. The monoisotopic (exact) mass is 326 g/mol. The zero-order valence-corrected chi connectivity index (χ0v) is 15.1. The summed E-state index contributed by atoms with van der Waals surface area (Å²) in [5.74, 6) is 0.691. The van der Waals surface area contributed by atoms with Gasteiger partial charge in [-0.1, -0.05) is 20.8 Å². The van der Waals surface area contributed by atoms with Crippen molar-refractivity contribution in [1.82, 2.24) is 0 Å². The molecule has 0 radical (unpaired) electrons. The molecule has 3 aliphatic rings. The van der Waals surface area contributed by atoms with Crippen LogP contribution in [0.15, 0.2) is 0 Å². The van der Waals surface area contributed by atoms with Crippen LogP contribution in [0.2, 0.25) is 0 Å². The lowest BCUT2D eigenvalue weighted by atomic mass is 9.43. The van der Waals surface area contributed by atoms with E-state index >= 15 is 0 Å². The first-order valence-electron chi connectivity index (χ1n) is 9.27. The molecule has 1 aliphatic heterocycles. The van der Waals surface area contributed by atoms with Gasteiger partial charge in [0.25, 0.3) is 0 Å². The molecule has 0 aromatic carbocycles. The summed E-state index contributed by atoms with van der Waals surface area (Å²) in [7, 11) is 0. The molecule has 4 nitrogen and oxygen atoms in total. The fraction of sp³-hybridized carbons (Fsp3) is 1.00. The molecule has 3 rings (SSSR count). The second kappa shape index (κ2) is 5.42. The minimum Gasteiger partial charge on any atom is -0.396 e. The van der Waals surface area contributed by atoms with E-state index in [4.69, 9.17) is 4.74 Å². The molecule has 134 valence electrons. The molecular weight excluding hydrogens is 292 g/mol. The Labute approximate surface area is 140 Å². The van der Waals surface area contributed by atoms with Crippen LogP contribution in [-0.4, -0.2) is 45.8 Å². The summed E-state index contributed by atoms with van der Waals surface area (Å²) in [6, 6.07) is 0. The third-order valence-corrected chi connectivity index (χ3v) is 8.04. The summed E-state index contributed by atoms with van der Waals surface area (Å²) in [5, 5.41) is 30.5. The van der Waals surface area contributed by atoms with Gasteiger partial charge in [-0.05, 0) is 57.3 Å². The summed E-state index contributed by atoms with van der Waals surface area (Å²) in [4.78, 5) is 0. The van der Waals surface area contributed by atoms with E-state index in [-0.39, 0.29) is 30.1 Å². The van der Waals surface area contributed by atoms with Crippen LogP contribution >= 0.6 is 0 Å². The van der Waals surface area contributed by atoms with E-state index in [0.717, 1.165) is 38.5 Å². The highest BCUT2D eigenvalue weighted by atomic mass is 16.5. The molecule has 3 fully saturated rings. The van der Waals surface area contributed by atoms with Gasteiger partial charge in [-0.2, -0.15) is 0 Å². The Hall–Kier alpha value is -0.160. The third-order valence-electron chi connectivity index (χ3n) is 8.04. The number of rotatable bonds is 2. The second-order valence-electron chi connectivity index (χ2n) is 9.27. The fourth-order valence-corrected chi connectivity index (χ4v) is 6.34. The molecule has 3 N–H and O–H groups in total. The largest absolute Gasteiger partial charge is 0.396 e. The van der Waals surface area contributed by atoms with Crippen molar-refractivity contribution in [3.63, 3.8) is 0 Å². The number of hydrogen-bond acceptors (Lipinski definition) is 4. The minimum absolute atomic E-state index is 0.0240. The number of hydrogen-bond donors (Lipinski definition) is 3. The lowest BCUT2D eigenvalue weighted by Gasteiger charge is -2.65. The predicted octanol–water partition coefficient (Wildman–Crippen LogP) is 2.49. The van der Waals surface area contributed by atoms with Gasteiger partial charge < -0.3 is 20.1 Å². The van der Waals surface area contributed by atoms with Crippen LogP contribution in [0.4, 0.5) is 0 Å². The van der Waals surface area contributed by atoms with Crippen molar-refractivity contribution >= 4 is 0 Å². The van der Waals surface area contributed by atoms with Crippen LogP contribution in [0.25, 0.3) is 0 Å². The van der Waals surface area contributed by atoms with Gasteiger partial charge >= 0.3 is 0 Å². The molecule has 23 heavy (non-hydrogen) atoms. The van der Waals surface area contributed by atoms with Gasteiger partial charge in [0.05, 0.1) is 30.5 Å². The van der Waals surface area contributed by atoms with Crippen LogP contribution in [0.1, 0.15) is 66.2 Å². The van der Waals surface area contributed by atoms with Crippen molar-refractivity contribution in [1.29, 1.82) is 0 Å². The number of ether oxygens (including phenoxy) is 1. The molecule has 0 aromatic heterocycles. The zero-order valence-electron chi connectivity index (χ0n) is 15.1. The van der Waals surface area contributed by atoms with E-state index in [0.29, 0.717) is 5.92 Å². The van der Waals surface area contributed by atoms with Crippen LogP contribution in [0.3, 0.4) is 0 Å². The molecule has 0 unspecified atom stereocenters. The molecule has 0 bridgehead atoms. The normalized spacial score (nSPS) is 56.7. The van der Waals surface area contributed by atoms with E-state index in [2.05, 4.69) is 13.8 Å². The second-order valence-corrected chi connectivity index (χ2v) is 9.27. The highest BCUT2D eigenvalue weighted by Crippen LogP contribution is 2.67. The molecule has 2 saturated carbocycles. The van der Waals surface area contributed by atoms with E-state index in [1.54, 1.807) is 0 Å². The Morgan fingerprint density at radius 3 is 2.22 bits per heavy atom. The van der Waals surface area contributed by atoms with Crippen LogP contribution in [-0.2, 0) is 4.74 Å². The molecule has 0 aromatic rings. The van der Waals surface area contributed by atoms with Crippen molar-refractivity contribution in [3.8, 4) is 0 Å². The highest BCUT2D eigenvalue weighted by Gasteiger charge is 2.68. The van der Waals surface area contributed by atoms with Crippen LogP contribution in [0.5, 0.6) is 0 Å². The Morgan fingerprint density at radius 1 is 0.957 bits per heavy atom. The first kappa shape index (κ1) is 17.7. The number of aliphatic hydroxyl groups is 3. The molecule has 2 aliphatic carbocycles. The molecule has 4 heteroatoms. The molecule has 1 saturated heterocycles. The minimum atomic E-state index is -0.457. The summed E-state index contributed by atoms with van der Waals surface area (Å²) in [5.41, 5.74) is -1.22. The predicted molar refractivity (Wildman–Crippen MR) is 89.0 cm³/mol. The lowest BCUT2D eigenvalue weighted by molar-refractivity contribution is -0.268. The molecule has 1 spiro atoms. The van der Waals surface area contributed by atoms with Crippen molar-refractivity contribution in [2.45, 2.75) is 83.5 Å².